The Bertz CT molecular complexity index is 583. The number of nitrogens with zero attached hydrogens (tertiary/aromatic N) is 7. The van der Waals surface area contributed by atoms with E-state index in [0.29, 0.717) is 24.5 Å². The molecule has 0 spiro atoms. The van der Waals surface area contributed by atoms with Gasteiger partial charge in [-0.2, -0.15) is 24.7 Å². The Morgan fingerprint density at radius 1 is 1.38 bits per heavy atom. The maximum atomic E-state index is 5.63. The van der Waals surface area contributed by atoms with Crippen molar-refractivity contribution >= 4 is 5.95 Å². The van der Waals surface area contributed by atoms with Gasteiger partial charge in [-0.1, -0.05) is 0 Å². The first-order valence-electron chi connectivity index (χ1n) is 6.88. The Hall–Kier alpha value is -2.29. The molecule has 0 amide bonds. The van der Waals surface area contributed by atoms with Gasteiger partial charge in [-0.15, -0.1) is 0 Å². The minimum Gasteiger partial charge on any atom is -0.462 e. The van der Waals surface area contributed by atoms with Crippen LogP contribution in [0.1, 0.15) is 12.8 Å². The molecule has 0 saturated heterocycles. The van der Waals surface area contributed by atoms with Gasteiger partial charge < -0.3 is 15.0 Å². The van der Waals surface area contributed by atoms with Crippen LogP contribution in [0.4, 0.5) is 5.95 Å². The first-order valence-corrected chi connectivity index (χ1v) is 6.88. The lowest BCUT2D eigenvalue weighted by molar-refractivity contribution is 0.220. The van der Waals surface area contributed by atoms with E-state index < -0.39 is 0 Å². The molecule has 3 rings (SSSR count). The molecule has 1 aliphatic rings. The normalized spacial score (nSPS) is 14.4. The van der Waals surface area contributed by atoms with Crippen LogP contribution in [0.25, 0.3) is 5.95 Å². The minimum absolute atomic E-state index is 0.282. The zero-order chi connectivity index (χ0) is 14.7. The number of rotatable bonds is 7. The summed E-state index contributed by atoms with van der Waals surface area (Å²) in [5, 5.41) is 6.89. The Labute approximate surface area is 122 Å². The van der Waals surface area contributed by atoms with Crippen LogP contribution >= 0.6 is 0 Å². The number of aromatic nitrogens is 6. The molecule has 0 unspecified atom stereocenters. The highest BCUT2D eigenvalue weighted by Gasteiger charge is 2.25. The number of hydrogen-bond acceptors (Lipinski definition) is 8. The van der Waals surface area contributed by atoms with Gasteiger partial charge in [0, 0.05) is 19.6 Å². The van der Waals surface area contributed by atoms with Gasteiger partial charge in [0.05, 0.1) is 0 Å². The number of anilines is 1. The Balaban J connectivity index is 1.67. The van der Waals surface area contributed by atoms with Gasteiger partial charge >= 0.3 is 6.01 Å². The summed E-state index contributed by atoms with van der Waals surface area (Å²) in [5.74, 6) is 0.804. The number of ether oxygens (including phenoxy) is 1. The number of nitrogens with one attached hydrogen (secondary N) is 1. The monoisotopic (exact) mass is 290 g/mol. The third kappa shape index (κ3) is 3.43. The quantitative estimate of drug-likeness (QED) is 0.759. The zero-order valence-corrected chi connectivity index (χ0v) is 12.1. The van der Waals surface area contributed by atoms with Crippen molar-refractivity contribution in [3.8, 4) is 12.0 Å². The van der Waals surface area contributed by atoms with Crippen molar-refractivity contribution in [1.29, 1.82) is 0 Å². The number of hydrogen-bond donors (Lipinski definition) is 1. The molecule has 0 aromatic carbocycles. The summed E-state index contributed by atoms with van der Waals surface area (Å²) < 4.78 is 7.09. The third-order valence-corrected chi connectivity index (χ3v) is 3.30. The van der Waals surface area contributed by atoms with E-state index in [0.717, 1.165) is 6.54 Å². The van der Waals surface area contributed by atoms with E-state index in [1.54, 1.807) is 7.05 Å². The van der Waals surface area contributed by atoms with Gasteiger partial charge in [-0.3, -0.25) is 0 Å². The lowest BCUT2D eigenvalue weighted by Gasteiger charge is -2.15. The van der Waals surface area contributed by atoms with E-state index in [1.807, 2.05) is 0 Å². The van der Waals surface area contributed by atoms with Gasteiger partial charge in [0.15, 0.2) is 0 Å². The highest BCUT2D eigenvalue weighted by molar-refractivity contribution is 5.28. The van der Waals surface area contributed by atoms with Crippen molar-refractivity contribution in [3.05, 3.63) is 12.7 Å². The van der Waals surface area contributed by atoms with Crippen molar-refractivity contribution in [2.45, 2.75) is 18.9 Å². The Kier molecular flexibility index (Phi) is 3.91. The predicted molar refractivity (Wildman–Crippen MR) is 75.4 cm³/mol. The Morgan fingerprint density at radius 2 is 2.24 bits per heavy atom. The summed E-state index contributed by atoms with van der Waals surface area (Å²) in [5.41, 5.74) is 0. The number of likely N-dealkylation sites (N-methyl/N-ethyl adjacent to an activating group) is 1. The van der Waals surface area contributed by atoms with Crippen LogP contribution in [0.2, 0.25) is 0 Å². The second-order valence-corrected chi connectivity index (χ2v) is 4.89. The molecule has 0 radical (unpaired) electrons. The van der Waals surface area contributed by atoms with E-state index in [1.165, 1.54) is 30.2 Å². The molecule has 2 heterocycles. The average molecular weight is 290 g/mol. The maximum absolute atomic E-state index is 5.63. The van der Waals surface area contributed by atoms with Crippen LogP contribution in [-0.4, -0.2) is 67.9 Å². The minimum atomic E-state index is 0.282. The van der Waals surface area contributed by atoms with Crippen molar-refractivity contribution in [2.75, 3.05) is 32.6 Å². The van der Waals surface area contributed by atoms with Crippen LogP contribution in [0.15, 0.2) is 12.7 Å². The smallest absolute Gasteiger partial charge is 0.323 e. The summed E-state index contributed by atoms with van der Waals surface area (Å²) in [6, 6.07) is 0.995. The van der Waals surface area contributed by atoms with Crippen LogP contribution in [0.3, 0.4) is 0 Å². The fourth-order valence-electron chi connectivity index (χ4n) is 1.91. The van der Waals surface area contributed by atoms with Gasteiger partial charge in [0.25, 0.3) is 5.95 Å². The molecule has 0 aliphatic heterocycles. The maximum Gasteiger partial charge on any atom is 0.323 e. The molecule has 1 saturated carbocycles. The highest BCUT2D eigenvalue weighted by atomic mass is 16.5. The van der Waals surface area contributed by atoms with Crippen LogP contribution < -0.4 is 10.1 Å². The molecule has 2 aromatic heterocycles. The first kappa shape index (κ1) is 13.7. The summed E-state index contributed by atoms with van der Waals surface area (Å²) in [4.78, 5) is 18.8. The molecule has 1 N–H and O–H groups in total. The fraction of sp³-hybridized carbons (Fsp3) is 0.583. The fourth-order valence-corrected chi connectivity index (χ4v) is 1.91. The average Bonchev–Trinajstić information content (AvgIpc) is 3.21. The van der Waals surface area contributed by atoms with Crippen molar-refractivity contribution < 1.29 is 4.74 Å². The van der Waals surface area contributed by atoms with Crippen LogP contribution in [0, 0.1) is 0 Å². The second-order valence-electron chi connectivity index (χ2n) is 4.89. The highest BCUT2D eigenvalue weighted by Crippen LogP contribution is 2.24. The SMILES string of the molecule is CNc1nc(OCCN(C)C2CC2)nc(-n2cncn2)n1. The van der Waals surface area contributed by atoms with E-state index in [-0.39, 0.29) is 6.01 Å². The lowest BCUT2D eigenvalue weighted by Crippen LogP contribution is -2.26. The topological polar surface area (TPSA) is 93.9 Å². The predicted octanol–water partition coefficient (Wildman–Crippen LogP) is -0.0330. The largest absolute Gasteiger partial charge is 0.462 e. The third-order valence-electron chi connectivity index (χ3n) is 3.30. The summed E-state index contributed by atoms with van der Waals surface area (Å²) in [6.45, 7) is 1.39. The van der Waals surface area contributed by atoms with Gasteiger partial charge in [-0.25, -0.2) is 4.98 Å². The van der Waals surface area contributed by atoms with Crippen molar-refractivity contribution in [1.82, 2.24) is 34.6 Å². The summed E-state index contributed by atoms with van der Waals surface area (Å²) in [6.07, 6.45) is 5.51. The lowest BCUT2D eigenvalue weighted by atomic mass is 10.5. The van der Waals surface area contributed by atoms with Crippen molar-refractivity contribution in [3.63, 3.8) is 0 Å². The van der Waals surface area contributed by atoms with Gasteiger partial charge in [0.2, 0.25) is 5.95 Å². The molecule has 112 valence electrons. The van der Waals surface area contributed by atoms with Gasteiger partial charge in [0.1, 0.15) is 19.3 Å². The van der Waals surface area contributed by atoms with E-state index >= 15 is 0 Å². The summed E-state index contributed by atoms with van der Waals surface area (Å²) in [7, 11) is 3.85. The van der Waals surface area contributed by atoms with Crippen LogP contribution in [0.5, 0.6) is 6.01 Å². The molecular formula is C12H18N8O. The van der Waals surface area contributed by atoms with E-state index in [2.05, 4.69) is 42.3 Å². The second kappa shape index (κ2) is 6.00. The zero-order valence-electron chi connectivity index (χ0n) is 12.1. The van der Waals surface area contributed by atoms with E-state index in [9.17, 15) is 0 Å². The molecule has 0 atom stereocenters. The molecule has 2 aromatic rings. The molecule has 21 heavy (non-hydrogen) atoms. The molecule has 9 heteroatoms. The molecule has 9 nitrogen and oxygen atoms in total. The standard InChI is InChI=1S/C12H18N8O/c1-13-10-16-11(20-8-14-7-15-20)18-12(17-10)21-6-5-19(2)9-3-4-9/h7-9H,3-6H2,1-2H3,(H,13,16,17,18). The molecular weight excluding hydrogens is 272 g/mol. The van der Waals surface area contributed by atoms with Crippen LogP contribution in [-0.2, 0) is 0 Å². The molecule has 0 bridgehead atoms. The molecule has 1 fully saturated rings. The molecule has 1 aliphatic carbocycles. The Morgan fingerprint density at radius 3 is 2.90 bits per heavy atom. The van der Waals surface area contributed by atoms with Crippen molar-refractivity contribution in [2.24, 2.45) is 0 Å². The van der Waals surface area contributed by atoms with Gasteiger partial charge in [-0.05, 0) is 19.9 Å². The summed E-state index contributed by atoms with van der Waals surface area (Å²) >= 11 is 0. The first-order chi connectivity index (χ1) is 10.3. The van der Waals surface area contributed by atoms with E-state index in [4.69, 9.17) is 4.74 Å².